The van der Waals surface area contributed by atoms with Crippen LogP contribution >= 0.6 is 23.4 Å². The van der Waals surface area contributed by atoms with Gasteiger partial charge in [0.05, 0.1) is 21.2 Å². The molecule has 1 saturated heterocycles. The van der Waals surface area contributed by atoms with E-state index in [-0.39, 0.29) is 16.5 Å². The van der Waals surface area contributed by atoms with Gasteiger partial charge >= 0.3 is 5.97 Å². The van der Waals surface area contributed by atoms with Crippen molar-refractivity contribution in [3.63, 3.8) is 0 Å². The number of hydrogen-bond donors (Lipinski definition) is 2. The Kier molecular flexibility index (Phi) is 5.97. The molecule has 1 aliphatic heterocycles. The molecule has 1 aliphatic rings. The fraction of sp³-hybridized carbons (Fsp3) is 0.0870. The minimum absolute atomic E-state index is 0.00554. The van der Waals surface area contributed by atoms with Crippen LogP contribution in [0.1, 0.15) is 28.6 Å². The number of carboxylic acids is 1. The highest BCUT2D eigenvalue weighted by Crippen LogP contribution is 2.31. The van der Waals surface area contributed by atoms with E-state index in [4.69, 9.17) is 16.0 Å². The fourth-order valence-electron chi connectivity index (χ4n) is 2.96. The number of thioether (sulfide) groups is 1. The molecule has 1 aromatic heterocycles. The number of carboxylic acid groups (broad SMARTS) is 1. The van der Waals surface area contributed by atoms with Crippen molar-refractivity contribution in [1.29, 1.82) is 0 Å². The third-order valence-corrected chi connectivity index (χ3v) is 5.85. The van der Waals surface area contributed by atoms with Gasteiger partial charge in [0.25, 0.3) is 5.91 Å². The van der Waals surface area contributed by atoms with Gasteiger partial charge < -0.3 is 14.8 Å². The van der Waals surface area contributed by atoms with Gasteiger partial charge in [-0.15, -0.1) is 0 Å². The van der Waals surface area contributed by atoms with Gasteiger partial charge in [-0.2, -0.15) is 0 Å². The van der Waals surface area contributed by atoms with Crippen molar-refractivity contribution in [2.75, 3.05) is 0 Å². The Labute approximate surface area is 187 Å². The maximum absolute atomic E-state index is 12.3. The number of benzene rings is 2. The number of carbonyl (C=O) groups excluding carboxylic acids is 1. The van der Waals surface area contributed by atoms with E-state index in [1.165, 1.54) is 29.5 Å². The summed E-state index contributed by atoms with van der Waals surface area (Å²) in [5, 5.41) is 12.6. The summed E-state index contributed by atoms with van der Waals surface area (Å²) >= 11 is 7.15. The molecule has 4 rings (SSSR count). The zero-order chi connectivity index (χ0) is 22.0. The Hall–Kier alpha value is -3.29. The SMILES string of the molecule is CCc1ccc(N=C2NC(=O)/C(=C/c3ccc(-c4ccc(Cl)c(C(=O)O)c4)o3)S2)cc1. The first-order chi connectivity index (χ1) is 14.9. The fourth-order valence-corrected chi connectivity index (χ4v) is 3.98. The lowest BCUT2D eigenvalue weighted by molar-refractivity contribution is -0.115. The lowest BCUT2D eigenvalue weighted by atomic mass is 10.1. The van der Waals surface area contributed by atoms with Crippen molar-refractivity contribution < 1.29 is 19.1 Å². The number of amides is 1. The molecule has 0 saturated carbocycles. The van der Waals surface area contributed by atoms with Gasteiger partial charge in [0.2, 0.25) is 0 Å². The lowest BCUT2D eigenvalue weighted by Crippen LogP contribution is -2.19. The summed E-state index contributed by atoms with van der Waals surface area (Å²) < 4.78 is 5.79. The zero-order valence-corrected chi connectivity index (χ0v) is 18.0. The van der Waals surface area contributed by atoms with Gasteiger partial charge in [0.1, 0.15) is 11.5 Å². The lowest BCUT2D eigenvalue weighted by Gasteiger charge is -2.02. The standard InChI is InChI=1S/C23H17ClN2O4S/c1-2-13-3-6-15(7-4-13)25-23-26-21(27)20(31-23)12-16-8-10-19(30-16)14-5-9-18(24)17(11-14)22(28)29/h3-12H,2H2,1H3,(H,28,29)(H,25,26,27)/b20-12-. The van der Waals surface area contributed by atoms with Crippen LogP contribution in [0.3, 0.4) is 0 Å². The largest absolute Gasteiger partial charge is 0.478 e. The van der Waals surface area contributed by atoms with Gasteiger partial charge in [0.15, 0.2) is 5.17 Å². The Morgan fingerprint density at radius 1 is 1.19 bits per heavy atom. The van der Waals surface area contributed by atoms with Crippen LogP contribution in [-0.4, -0.2) is 22.2 Å². The number of aromatic carboxylic acids is 1. The number of nitrogens with zero attached hydrogens (tertiary/aromatic N) is 1. The number of aryl methyl sites for hydroxylation is 1. The molecule has 1 amide bonds. The summed E-state index contributed by atoms with van der Waals surface area (Å²) in [7, 11) is 0. The molecule has 2 N–H and O–H groups in total. The third-order valence-electron chi connectivity index (χ3n) is 4.61. The second kappa shape index (κ2) is 8.83. The highest BCUT2D eigenvalue weighted by Gasteiger charge is 2.24. The number of nitrogens with one attached hydrogen (secondary N) is 1. The number of halogens is 1. The Morgan fingerprint density at radius 3 is 2.68 bits per heavy atom. The summed E-state index contributed by atoms with van der Waals surface area (Å²) in [5.74, 6) is -0.435. The smallest absolute Gasteiger partial charge is 0.337 e. The molecular formula is C23H17ClN2O4S. The van der Waals surface area contributed by atoms with E-state index in [0.717, 1.165) is 12.1 Å². The Morgan fingerprint density at radius 2 is 1.97 bits per heavy atom. The molecule has 8 heteroatoms. The zero-order valence-electron chi connectivity index (χ0n) is 16.4. The van der Waals surface area contributed by atoms with Crippen LogP contribution < -0.4 is 5.32 Å². The van der Waals surface area contributed by atoms with Crippen molar-refractivity contribution in [3.8, 4) is 11.3 Å². The molecule has 0 aliphatic carbocycles. The molecule has 0 unspecified atom stereocenters. The number of amidine groups is 1. The topological polar surface area (TPSA) is 91.9 Å². The van der Waals surface area contributed by atoms with E-state index in [9.17, 15) is 14.7 Å². The maximum Gasteiger partial charge on any atom is 0.337 e. The molecule has 2 aromatic carbocycles. The van der Waals surface area contributed by atoms with Crippen molar-refractivity contribution in [1.82, 2.24) is 5.32 Å². The summed E-state index contributed by atoms with van der Waals surface area (Å²) in [6.45, 7) is 2.09. The molecular weight excluding hydrogens is 436 g/mol. The van der Waals surface area contributed by atoms with E-state index in [1.54, 1.807) is 24.3 Å². The molecule has 0 atom stereocenters. The number of furan rings is 1. The second-order valence-electron chi connectivity index (χ2n) is 6.70. The predicted octanol–water partition coefficient (Wildman–Crippen LogP) is 5.75. The predicted molar refractivity (Wildman–Crippen MR) is 123 cm³/mol. The first-order valence-electron chi connectivity index (χ1n) is 9.44. The average molecular weight is 453 g/mol. The van der Waals surface area contributed by atoms with Crippen LogP contribution in [0.5, 0.6) is 0 Å². The number of aliphatic imine (C=N–C) groups is 1. The summed E-state index contributed by atoms with van der Waals surface area (Å²) in [6, 6.07) is 15.9. The van der Waals surface area contributed by atoms with Crippen LogP contribution in [0, 0.1) is 0 Å². The Bertz CT molecular complexity index is 1230. The van der Waals surface area contributed by atoms with Crippen LogP contribution in [0.25, 0.3) is 17.4 Å². The maximum atomic E-state index is 12.3. The van der Waals surface area contributed by atoms with Crippen LogP contribution in [0.2, 0.25) is 5.02 Å². The molecule has 0 radical (unpaired) electrons. The van der Waals surface area contributed by atoms with Gasteiger partial charge in [-0.3, -0.25) is 4.79 Å². The molecule has 1 fully saturated rings. The molecule has 156 valence electrons. The quantitative estimate of drug-likeness (QED) is 0.481. The summed E-state index contributed by atoms with van der Waals surface area (Å²) in [6.07, 6.45) is 2.58. The Balaban J connectivity index is 1.54. The van der Waals surface area contributed by atoms with Crippen molar-refractivity contribution in [2.45, 2.75) is 13.3 Å². The van der Waals surface area contributed by atoms with Crippen LogP contribution in [0.4, 0.5) is 5.69 Å². The van der Waals surface area contributed by atoms with Gasteiger partial charge in [-0.1, -0.05) is 30.7 Å². The highest BCUT2D eigenvalue weighted by molar-refractivity contribution is 8.18. The van der Waals surface area contributed by atoms with Gasteiger partial charge in [0, 0.05) is 11.6 Å². The monoisotopic (exact) mass is 452 g/mol. The first kappa shape index (κ1) is 21.0. The third kappa shape index (κ3) is 4.73. The van der Waals surface area contributed by atoms with Crippen molar-refractivity contribution in [2.24, 2.45) is 4.99 Å². The van der Waals surface area contributed by atoms with Gasteiger partial charge in [-0.05, 0) is 66.2 Å². The van der Waals surface area contributed by atoms with Crippen molar-refractivity contribution in [3.05, 3.63) is 81.4 Å². The summed E-state index contributed by atoms with van der Waals surface area (Å²) in [5.41, 5.74) is 2.55. The van der Waals surface area contributed by atoms with E-state index in [1.807, 2.05) is 24.3 Å². The minimum atomic E-state index is -1.11. The van der Waals surface area contributed by atoms with E-state index < -0.39 is 5.97 Å². The molecule has 6 nitrogen and oxygen atoms in total. The minimum Gasteiger partial charge on any atom is -0.478 e. The normalized spacial score (nSPS) is 16.1. The average Bonchev–Trinajstić information content (AvgIpc) is 3.35. The second-order valence-corrected chi connectivity index (χ2v) is 8.14. The number of rotatable bonds is 5. The number of carbonyl (C=O) groups is 2. The van der Waals surface area contributed by atoms with Crippen LogP contribution in [0.15, 0.2) is 68.9 Å². The first-order valence-corrected chi connectivity index (χ1v) is 10.6. The number of hydrogen-bond acceptors (Lipinski definition) is 5. The van der Waals surface area contributed by atoms with E-state index in [2.05, 4.69) is 17.2 Å². The van der Waals surface area contributed by atoms with Gasteiger partial charge in [-0.25, -0.2) is 9.79 Å². The molecule has 31 heavy (non-hydrogen) atoms. The molecule has 3 aromatic rings. The van der Waals surface area contributed by atoms with E-state index >= 15 is 0 Å². The molecule has 0 spiro atoms. The van der Waals surface area contributed by atoms with E-state index in [0.29, 0.717) is 27.2 Å². The summed E-state index contributed by atoms with van der Waals surface area (Å²) in [4.78, 5) is 28.5. The van der Waals surface area contributed by atoms with Crippen LogP contribution in [-0.2, 0) is 11.2 Å². The molecule has 2 heterocycles. The highest BCUT2D eigenvalue weighted by atomic mass is 35.5. The van der Waals surface area contributed by atoms with Crippen molar-refractivity contribution >= 4 is 52.2 Å². The molecule has 0 bridgehead atoms.